The number of aliphatic carboxylic acids is 1. The van der Waals surface area contributed by atoms with E-state index < -0.39 is 17.3 Å². The fourth-order valence-electron chi connectivity index (χ4n) is 3.68. The number of nitrogens with zero attached hydrogens (tertiary/aromatic N) is 2. The zero-order valence-electron chi connectivity index (χ0n) is 15.1. The summed E-state index contributed by atoms with van der Waals surface area (Å²) in [5.74, 6) is -1.65. The van der Waals surface area contributed by atoms with Crippen molar-refractivity contribution in [2.75, 3.05) is 26.2 Å². The van der Waals surface area contributed by atoms with E-state index in [2.05, 4.69) is 4.98 Å². The van der Waals surface area contributed by atoms with Gasteiger partial charge >= 0.3 is 5.97 Å². The molecule has 8 heteroatoms. The lowest BCUT2D eigenvalue weighted by Crippen LogP contribution is -2.48. The van der Waals surface area contributed by atoms with Crippen molar-refractivity contribution in [3.05, 3.63) is 46.0 Å². The molecule has 2 aromatic rings. The van der Waals surface area contributed by atoms with Gasteiger partial charge in [-0.25, -0.2) is 4.39 Å². The number of H-pyrrole nitrogens is 1. The normalized spacial score (nSPS) is 15.4. The number of aromatic amines is 1. The van der Waals surface area contributed by atoms with Gasteiger partial charge in [0.25, 0.3) is 5.91 Å². The minimum Gasteiger partial charge on any atom is -0.480 e. The van der Waals surface area contributed by atoms with Crippen molar-refractivity contribution in [2.24, 2.45) is 0 Å². The number of fused-ring (bicyclic) bond motifs is 1. The monoisotopic (exact) mass is 375 g/mol. The van der Waals surface area contributed by atoms with Crippen LogP contribution in [0.25, 0.3) is 10.9 Å². The summed E-state index contributed by atoms with van der Waals surface area (Å²) in [4.78, 5) is 41.9. The summed E-state index contributed by atoms with van der Waals surface area (Å²) in [6, 6.07) is 5.24. The summed E-state index contributed by atoms with van der Waals surface area (Å²) in [6.07, 6.45) is 1.31. The average Bonchev–Trinajstić information content (AvgIpc) is 2.65. The molecule has 0 unspecified atom stereocenters. The van der Waals surface area contributed by atoms with Crippen LogP contribution >= 0.6 is 0 Å². The van der Waals surface area contributed by atoms with Crippen LogP contribution in [-0.4, -0.2) is 64.0 Å². The number of piperidine rings is 1. The Balaban J connectivity index is 1.78. The Bertz CT molecular complexity index is 919. The first-order valence-electron chi connectivity index (χ1n) is 8.96. The van der Waals surface area contributed by atoms with Crippen molar-refractivity contribution < 1.29 is 19.1 Å². The molecular weight excluding hydrogens is 353 g/mol. The first kappa shape index (κ1) is 19.0. The number of rotatable bonds is 5. The number of hydrogen-bond acceptors (Lipinski definition) is 4. The molecule has 7 nitrogen and oxygen atoms in total. The van der Waals surface area contributed by atoms with Crippen LogP contribution in [0.15, 0.2) is 29.1 Å². The molecule has 2 heterocycles. The smallest absolute Gasteiger partial charge is 0.317 e. The highest BCUT2D eigenvalue weighted by molar-refractivity contribution is 6.06. The number of benzene rings is 1. The number of carbonyl (C=O) groups excluding carboxylic acids is 1. The van der Waals surface area contributed by atoms with E-state index in [9.17, 15) is 18.8 Å². The first-order valence-corrected chi connectivity index (χ1v) is 8.96. The van der Waals surface area contributed by atoms with E-state index in [4.69, 9.17) is 5.11 Å². The predicted octanol–water partition coefficient (Wildman–Crippen LogP) is 1.68. The van der Waals surface area contributed by atoms with E-state index in [1.165, 1.54) is 24.3 Å². The Kier molecular flexibility index (Phi) is 5.55. The van der Waals surface area contributed by atoms with Crippen molar-refractivity contribution in [1.29, 1.82) is 0 Å². The number of carboxylic acids is 1. The van der Waals surface area contributed by atoms with Crippen molar-refractivity contribution in [1.82, 2.24) is 14.8 Å². The molecule has 1 fully saturated rings. The number of halogens is 1. The molecule has 1 amide bonds. The van der Waals surface area contributed by atoms with Gasteiger partial charge in [-0.2, -0.15) is 0 Å². The van der Waals surface area contributed by atoms with Gasteiger partial charge in [0.15, 0.2) is 0 Å². The molecule has 1 aliphatic heterocycles. The van der Waals surface area contributed by atoms with Gasteiger partial charge in [0.2, 0.25) is 5.56 Å². The molecule has 1 aliphatic rings. The maximum atomic E-state index is 13.6. The van der Waals surface area contributed by atoms with Crippen LogP contribution in [0.4, 0.5) is 4.39 Å². The van der Waals surface area contributed by atoms with Gasteiger partial charge in [-0.1, -0.05) is 6.92 Å². The maximum absolute atomic E-state index is 13.6. The van der Waals surface area contributed by atoms with Crippen LogP contribution in [-0.2, 0) is 4.79 Å². The fraction of sp³-hybridized carbons (Fsp3) is 0.421. The van der Waals surface area contributed by atoms with Crippen molar-refractivity contribution in [2.45, 2.75) is 25.8 Å². The van der Waals surface area contributed by atoms with Crippen LogP contribution in [0.5, 0.6) is 0 Å². The number of aromatic nitrogens is 1. The number of nitrogens with one attached hydrogen (secondary N) is 1. The highest BCUT2D eigenvalue weighted by Gasteiger charge is 2.28. The molecule has 0 aliphatic carbocycles. The number of amides is 1. The topological polar surface area (TPSA) is 93.7 Å². The molecule has 0 saturated carbocycles. The van der Waals surface area contributed by atoms with Gasteiger partial charge in [-0.15, -0.1) is 0 Å². The summed E-state index contributed by atoms with van der Waals surface area (Å²) in [5.41, 5.74) is 0.191. The lowest BCUT2D eigenvalue weighted by Gasteiger charge is -2.37. The number of carbonyl (C=O) groups is 2. The third-order valence-electron chi connectivity index (χ3n) is 5.05. The van der Waals surface area contributed by atoms with Crippen LogP contribution in [0, 0.1) is 5.82 Å². The molecule has 1 aromatic heterocycles. The lowest BCUT2D eigenvalue weighted by atomic mass is 10.0. The summed E-state index contributed by atoms with van der Waals surface area (Å²) < 4.78 is 13.6. The number of likely N-dealkylation sites (tertiary alicyclic amines) is 1. The molecule has 0 atom stereocenters. The van der Waals surface area contributed by atoms with Gasteiger partial charge in [0, 0.05) is 36.1 Å². The van der Waals surface area contributed by atoms with Crippen LogP contribution in [0.2, 0.25) is 0 Å². The predicted molar refractivity (Wildman–Crippen MR) is 98.3 cm³/mol. The fourth-order valence-corrected chi connectivity index (χ4v) is 3.68. The Hall–Kier alpha value is -2.74. The Morgan fingerprint density at radius 1 is 1.30 bits per heavy atom. The zero-order chi connectivity index (χ0) is 19.6. The molecule has 1 aromatic carbocycles. The second-order valence-electron chi connectivity index (χ2n) is 6.72. The van der Waals surface area contributed by atoms with E-state index in [1.807, 2.05) is 11.8 Å². The SMILES string of the molecule is CCN(CC(=O)O)C1CCN(C(=O)c2cc(=O)[nH]c3ccc(F)cc23)CC1. The van der Waals surface area contributed by atoms with Crippen molar-refractivity contribution >= 4 is 22.8 Å². The van der Waals surface area contributed by atoms with Crippen molar-refractivity contribution in [3.8, 4) is 0 Å². The van der Waals surface area contributed by atoms with E-state index in [1.54, 1.807) is 4.90 Å². The molecule has 3 rings (SSSR count). The Labute approximate surface area is 155 Å². The summed E-state index contributed by atoms with van der Waals surface area (Å²) in [5, 5.41) is 9.39. The number of hydrogen-bond donors (Lipinski definition) is 2. The number of carboxylic acid groups (broad SMARTS) is 1. The summed E-state index contributed by atoms with van der Waals surface area (Å²) in [7, 11) is 0. The van der Waals surface area contributed by atoms with E-state index >= 15 is 0 Å². The zero-order valence-corrected chi connectivity index (χ0v) is 15.1. The minimum absolute atomic E-state index is 0.0207. The van der Waals surface area contributed by atoms with E-state index in [0.717, 1.165) is 0 Å². The molecule has 0 spiro atoms. The third kappa shape index (κ3) is 4.16. The average molecular weight is 375 g/mol. The summed E-state index contributed by atoms with van der Waals surface area (Å²) >= 11 is 0. The highest BCUT2D eigenvalue weighted by atomic mass is 19.1. The molecular formula is C19H22FN3O4. The summed E-state index contributed by atoms with van der Waals surface area (Å²) in [6.45, 7) is 3.44. The van der Waals surface area contributed by atoms with Gasteiger partial charge < -0.3 is 15.0 Å². The van der Waals surface area contributed by atoms with Crippen LogP contribution in [0.1, 0.15) is 30.1 Å². The Morgan fingerprint density at radius 3 is 2.63 bits per heavy atom. The van der Waals surface area contributed by atoms with Gasteiger partial charge in [0.1, 0.15) is 5.82 Å². The molecule has 2 N–H and O–H groups in total. The van der Waals surface area contributed by atoms with E-state index in [0.29, 0.717) is 43.4 Å². The standard InChI is InChI=1S/C19H22FN3O4/c1-2-22(11-18(25)26)13-5-7-23(8-6-13)19(27)15-10-17(24)21-16-4-3-12(20)9-14(15)16/h3-4,9-10,13H,2,5-8,11H2,1H3,(H,21,24)(H,25,26). The van der Waals surface area contributed by atoms with Gasteiger partial charge in [0.05, 0.1) is 12.1 Å². The van der Waals surface area contributed by atoms with E-state index in [-0.39, 0.29) is 24.1 Å². The maximum Gasteiger partial charge on any atom is 0.317 e. The Morgan fingerprint density at radius 2 is 2.00 bits per heavy atom. The van der Waals surface area contributed by atoms with Crippen LogP contribution < -0.4 is 5.56 Å². The first-order chi connectivity index (χ1) is 12.9. The molecule has 1 saturated heterocycles. The molecule has 144 valence electrons. The molecule has 0 bridgehead atoms. The van der Waals surface area contributed by atoms with Crippen LogP contribution in [0.3, 0.4) is 0 Å². The largest absolute Gasteiger partial charge is 0.480 e. The third-order valence-corrected chi connectivity index (χ3v) is 5.05. The lowest BCUT2D eigenvalue weighted by molar-refractivity contribution is -0.139. The quantitative estimate of drug-likeness (QED) is 0.829. The molecule has 27 heavy (non-hydrogen) atoms. The van der Waals surface area contributed by atoms with Gasteiger partial charge in [-0.05, 0) is 37.6 Å². The van der Waals surface area contributed by atoms with Gasteiger partial charge in [-0.3, -0.25) is 19.3 Å². The second-order valence-corrected chi connectivity index (χ2v) is 6.72. The number of pyridine rings is 1. The van der Waals surface area contributed by atoms with Crippen molar-refractivity contribution in [3.63, 3.8) is 0 Å². The number of likely N-dealkylation sites (N-methyl/N-ethyl adjacent to an activating group) is 1. The molecule has 0 radical (unpaired) electrons. The minimum atomic E-state index is -0.868. The highest BCUT2D eigenvalue weighted by Crippen LogP contribution is 2.22. The second kappa shape index (κ2) is 7.87.